The van der Waals surface area contributed by atoms with E-state index < -0.39 is 82.2 Å². The van der Waals surface area contributed by atoms with E-state index in [2.05, 4.69) is 0 Å². The van der Waals surface area contributed by atoms with Crippen LogP contribution in [0.4, 0.5) is 0 Å². The van der Waals surface area contributed by atoms with E-state index in [0.29, 0.717) is 0 Å². The third-order valence-electron chi connectivity index (χ3n) is 9.21. The lowest BCUT2D eigenvalue weighted by Gasteiger charge is -2.64. The van der Waals surface area contributed by atoms with Crippen molar-refractivity contribution in [3.8, 4) is 0 Å². The zero-order valence-electron chi connectivity index (χ0n) is 17.7. The molecule has 3 saturated carbocycles. The third-order valence-corrected chi connectivity index (χ3v) is 9.21. The quantitative estimate of drug-likeness (QED) is 0.284. The van der Waals surface area contributed by atoms with Gasteiger partial charge in [-0.2, -0.15) is 0 Å². The SMILES string of the molecule is CC(=O)O[C@H]1C[C@H]2OC[C@@]2(O)[C@H]2[C@H](O)[C@@H]3C[C@H](O)[C@@]4(C)OC[C@@]3(C)[C@@]4(O)[C@@H](O)C(=O)[C@@H]21. The Kier molecular flexibility index (Phi) is 4.37. The third kappa shape index (κ3) is 2.27. The Bertz CT molecular complexity index is 833. The highest BCUT2D eigenvalue weighted by Gasteiger charge is 2.80. The van der Waals surface area contributed by atoms with Crippen molar-refractivity contribution in [1.29, 1.82) is 0 Å². The fourth-order valence-electron chi connectivity index (χ4n) is 7.35. The topological polar surface area (TPSA) is 163 Å². The van der Waals surface area contributed by atoms with Gasteiger partial charge in [-0.1, -0.05) is 6.92 Å². The van der Waals surface area contributed by atoms with Crippen LogP contribution < -0.4 is 0 Å². The standard InChI is InChI=1S/C21H30O10/c1-8(22)31-10-5-12-20(27,7-29-12)14-13(10)16(25)17(26)21(28)18(2)6-30-19(21,3)11(23)4-9(18)15(14)24/h9-15,17,23-24,26-28H,4-7H2,1-3H3/t9-,10-,11-,12+,13+,14+,15+,17-,18+,19+,20-,21-/m0/s1. The predicted octanol–water partition coefficient (Wildman–Crippen LogP) is -2.10. The Morgan fingerprint density at radius 3 is 2.39 bits per heavy atom. The summed E-state index contributed by atoms with van der Waals surface area (Å²) in [7, 11) is 0. The lowest BCUT2D eigenvalue weighted by molar-refractivity contribution is -0.331. The molecule has 12 atom stereocenters. The predicted molar refractivity (Wildman–Crippen MR) is 100 cm³/mol. The van der Waals surface area contributed by atoms with E-state index in [0.717, 1.165) is 0 Å². The van der Waals surface area contributed by atoms with Gasteiger partial charge in [0.1, 0.15) is 29.0 Å². The van der Waals surface area contributed by atoms with Crippen LogP contribution in [-0.4, -0.2) is 97.8 Å². The first-order valence-electron chi connectivity index (χ1n) is 10.8. The Balaban J connectivity index is 1.70. The lowest BCUT2D eigenvalue weighted by Crippen LogP contribution is -2.81. The summed E-state index contributed by atoms with van der Waals surface area (Å²) in [6.07, 6.45) is -6.32. The van der Waals surface area contributed by atoms with Crippen molar-refractivity contribution in [3.63, 3.8) is 0 Å². The van der Waals surface area contributed by atoms with Crippen LogP contribution in [0.5, 0.6) is 0 Å². The van der Waals surface area contributed by atoms with Crippen molar-refractivity contribution in [2.24, 2.45) is 23.2 Å². The highest BCUT2D eigenvalue weighted by atomic mass is 16.6. The van der Waals surface area contributed by atoms with E-state index in [1.165, 1.54) is 13.8 Å². The second-order valence-corrected chi connectivity index (χ2v) is 10.5. The van der Waals surface area contributed by atoms with Gasteiger partial charge in [0.15, 0.2) is 5.78 Å². The second-order valence-electron chi connectivity index (χ2n) is 10.5. The maximum Gasteiger partial charge on any atom is 0.302 e. The van der Waals surface area contributed by atoms with Gasteiger partial charge in [-0.05, 0) is 19.3 Å². The minimum atomic E-state index is -2.19. The Morgan fingerprint density at radius 2 is 1.81 bits per heavy atom. The molecule has 0 spiro atoms. The molecule has 5 fully saturated rings. The maximum atomic E-state index is 13.7. The van der Waals surface area contributed by atoms with Crippen molar-refractivity contribution < 1.29 is 49.3 Å². The molecular weight excluding hydrogens is 412 g/mol. The summed E-state index contributed by atoms with van der Waals surface area (Å²) in [6.45, 7) is 4.06. The number of ether oxygens (including phenoxy) is 3. The number of carbonyl (C=O) groups excluding carboxylic acids is 2. The molecule has 10 heteroatoms. The molecule has 174 valence electrons. The molecule has 2 heterocycles. The van der Waals surface area contributed by atoms with Crippen LogP contribution in [0.25, 0.3) is 0 Å². The van der Waals surface area contributed by atoms with E-state index in [4.69, 9.17) is 14.2 Å². The summed E-state index contributed by atoms with van der Waals surface area (Å²) >= 11 is 0. The van der Waals surface area contributed by atoms with E-state index >= 15 is 0 Å². The number of ketones is 1. The van der Waals surface area contributed by atoms with Crippen molar-refractivity contribution in [2.75, 3.05) is 13.2 Å². The van der Waals surface area contributed by atoms with Crippen LogP contribution in [0.2, 0.25) is 0 Å². The summed E-state index contributed by atoms with van der Waals surface area (Å²) in [5.41, 5.74) is -6.66. The number of esters is 1. The molecule has 5 N–H and O–H groups in total. The lowest BCUT2D eigenvalue weighted by atomic mass is 9.45. The maximum absolute atomic E-state index is 13.7. The van der Waals surface area contributed by atoms with Gasteiger partial charge < -0.3 is 39.7 Å². The van der Waals surface area contributed by atoms with Crippen LogP contribution in [0.3, 0.4) is 0 Å². The molecule has 4 bridgehead atoms. The second kappa shape index (κ2) is 6.25. The average molecular weight is 442 g/mol. The number of hydrogen-bond donors (Lipinski definition) is 5. The molecule has 5 aliphatic rings. The molecule has 0 aromatic heterocycles. The van der Waals surface area contributed by atoms with Gasteiger partial charge in [0, 0.05) is 24.7 Å². The Morgan fingerprint density at radius 1 is 1.13 bits per heavy atom. The zero-order valence-corrected chi connectivity index (χ0v) is 17.7. The van der Waals surface area contributed by atoms with Crippen LogP contribution in [0, 0.1) is 23.2 Å². The number of aliphatic hydroxyl groups is 5. The number of fused-ring (bicyclic) bond motifs is 3. The average Bonchev–Trinajstić information content (AvgIpc) is 2.84. The van der Waals surface area contributed by atoms with Crippen molar-refractivity contribution in [3.05, 3.63) is 0 Å². The highest BCUT2D eigenvalue weighted by Crippen LogP contribution is 2.65. The first-order chi connectivity index (χ1) is 14.3. The van der Waals surface area contributed by atoms with E-state index in [-0.39, 0.29) is 26.1 Å². The zero-order chi connectivity index (χ0) is 22.7. The van der Waals surface area contributed by atoms with E-state index in [1.54, 1.807) is 6.92 Å². The summed E-state index contributed by atoms with van der Waals surface area (Å²) < 4.78 is 16.7. The first-order valence-corrected chi connectivity index (χ1v) is 10.8. The van der Waals surface area contributed by atoms with Gasteiger partial charge in [0.25, 0.3) is 0 Å². The molecule has 10 nitrogen and oxygen atoms in total. The molecule has 2 saturated heterocycles. The van der Waals surface area contributed by atoms with Crippen molar-refractivity contribution in [2.45, 2.75) is 80.9 Å². The molecule has 0 amide bonds. The monoisotopic (exact) mass is 442 g/mol. The van der Waals surface area contributed by atoms with Crippen molar-refractivity contribution >= 4 is 11.8 Å². The normalized spacial score (nSPS) is 60.2. The molecule has 3 aliphatic carbocycles. The smallest absolute Gasteiger partial charge is 0.302 e. The van der Waals surface area contributed by atoms with Crippen molar-refractivity contribution in [1.82, 2.24) is 0 Å². The minimum absolute atomic E-state index is 0.0270. The molecule has 0 aromatic carbocycles. The molecule has 31 heavy (non-hydrogen) atoms. The number of carbonyl (C=O) groups is 2. The van der Waals surface area contributed by atoms with Gasteiger partial charge >= 0.3 is 5.97 Å². The summed E-state index contributed by atoms with van der Waals surface area (Å²) in [4.78, 5) is 25.5. The van der Waals surface area contributed by atoms with Gasteiger partial charge in [-0.25, -0.2) is 0 Å². The fraction of sp³-hybridized carbons (Fsp3) is 0.905. The minimum Gasteiger partial charge on any atom is -0.462 e. The molecule has 5 rings (SSSR count). The largest absolute Gasteiger partial charge is 0.462 e. The van der Waals surface area contributed by atoms with Gasteiger partial charge in [-0.3, -0.25) is 9.59 Å². The number of rotatable bonds is 1. The molecule has 0 radical (unpaired) electrons. The van der Waals surface area contributed by atoms with Crippen LogP contribution >= 0.6 is 0 Å². The molecule has 2 aliphatic heterocycles. The van der Waals surface area contributed by atoms with Gasteiger partial charge in [0.2, 0.25) is 0 Å². The van der Waals surface area contributed by atoms with Crippen LogP contribution in [0.15, 0.2) is 0 Å². The molecule has 0 unspecified atom stereocenters. The van der Waals surface area contributed by atoms with Crippen LogP contribution in [0.1, 0.15) is 33.6 Å². The molecule has 0 aromatic rings. The fourth-order valence-corrected chi connectivity index (χ4v) is 7.35. The Hall–Kier alpha value is -1.14. The Labute approximate surface area is 179 Å². The van der Waals surface area contributed by atoms with E-state index in [9.17, 15) is 35.1 Å². The summed E-state index contributed by atoms with van der Waals surface area (Å²) in [5, 5.41) is 57.0. The highest BCUT2D eigenvalue weighted by molar-refractivity contribution is 5.89. The summed E-state index contributed by atoms with van der Waals surface area (Å²) in [5.74, 6) is -4.68. The van der Waals surface area contributed by atoms with Gasteiger partial charge in [-0.15, -0.1) is 0 Å². The van der Waals surface area contributed by atoms with Gasteiger partial charge in [0.05, 0.1) is 37.4 Å². The summed E-state index contributed by atoms with van der Waals surface area (Å²) in [6, 6.07) is 0. The number of aliphatic hydroxyl groups excluding tert-OH is 3. The molecular formula is C21H30O10. The number of hydrogen-bond acceptors (Lipinski definition) is 10. The van der Waals surface area contributed by atoms with E-state index in [1.807, 2.05) is 0 Å². The number of Topliss-reactive ketones (excluding diaryl/α,β-unsaturated/α-hetero) is 1. The van der Waals surface area contributed by atoms with Crippen LogP contribution in [-0.2, 0) is 23.8 Å². The first kappa shape index (κ1) is 21.7.